The van der Waals surface area contributed by atoms with E-state index in [0.29, 0.717) is 0 Å². The number of rotatable bonds is 8. The molecule has 0 spiro atoms. The normalized spacial score (nSPS) is 10.6. The third kappa shape index (κ3) is 5.31. The molecular weight excluding hydrogens is 486 g/mol. The van der Waals surface area contributed by atoms with E-state index in [2.05, 4.69) is 192 Å². The highest BCUT2D eigenvalue weighted by atomic mass is 15.2. The van der Waals surface area contributed by atoms with Crippen molar-refractivity contribution in [1.29, 1.82) is 0 Å². The molecule has 0 aliphatic rings. The maximum absolute atomic E-state index is 2.28. The summed E-state index contributed by atoms with van der Waals surface area (Å²) < 4.78 is 0. The molecule has 0 radical (unpaired) electrons. The molecule has 0 atom stereocenters. The third-order valence-corrected chi connectivity index (χ3v) is 7.05. The molecule has 6 aromatic rings. The minimum Gasteiger partial charge on any atom is -0.345 e. The second-order valence-corrected chi connectivity index (χ2v) is 9.60. The van der Waals surface area contributed by atoms with Crippen molar-refractivity contribution in [2.45, 2.75) is 0 Å². The highest BCUT2D eigenvalue weighted by Gasteiger charge is 2.14. The van der Waals surface area contributed by atoms with Gasteiger partial charge in [-0.05, 0) is 97.1 Å². The van der Waals surface area contributed by atoms with E-state index in [0.717, 1.165) is 45.5 Å². The fourth-order valence-electron chi connectivity index (χ4n) is 5.00. The summed E-state index contributed by atoms with van der Waals surface area (Å²) in [7, 11) is 2.11. The molecule has 6 rings (SSSR count). The van der Waals surface area contributed by atoms with Gasteiger partial charge >= 0.3 is 0 Å². The Balaban J connectivity index is 1.27. The van der Waals surface area contributed by atoms with Crippen LogP contribution in [-0.4, -0.2) is 7.05 Å². The Labute approximate surface area is 236 Å². The summed E-state index contributed by atoms with van der Waals surface area (Å²) in [5.41, 5.74) is 9.01. The second-order valence-electron chi connectivity index (χ2n) is 9.60. The van der Waals surface area contributed by atoms with Crippen LogP contribution in [0.4, 0.5) is 45.5 Å². The van der Waals surface area contributed by atoms with Crippen LogP contribution in [-0.2, 0) is 0 Å². The molecule has 0 saturated heterocycles. The first kappa shape index (κ1) is 25.0. The van der Waals surface area contributed by atoms with Crippen molar-refractivity contribution < 1.29 is 0 Å². The van der Waals surface area contributed by atoms with E-state index >= 15 is 0 Å². The monoisotopic (exact) mass is 517 g/mol. The summed E-state index contributed by atoms with van der Waals surface area (Å²) in [6.45, 7) is 0. The van der Waals surface area contributed by atoms with Crippen LogP contribution in [0.5, 0.6) is 0 Å². The third-order valence-electron chi connectivity index (χ3n) is 7.05. The molecule has 0 N–H and O–H groups in total. The fourth-order valence-corrected chi connectivity index (χ4v) is 5.00. The van der Waals surface area contributed by atoms with E-state index < -0.39 is 0 Å². The zero-order valence-electron chi connectivity index (χ0n) is 22.5. The number of hydrogen-bond acceptors (Lipinski definition) is 3. The summed E-state index contributed by atoms with van der Waals surface area (Å²) in [5, 5.41) is 0. The SMILES string of the molecule is CN(c1ccc(N(c2ccccc2)c2ccccc2)cc1)c1ccc(N(c2ccccc2)c2ccccc2)cc1. The van der Waals surface area contributed by atoms with Gasteiger partial charge < -0.3 is 14.7 Å². The van der Waals surface area contributed by atoms with Gasteiger partial charge in [0.15, 0.2) is 0 Å². The van der Waals surface area contributed by atoms with E-state index in [1.165, 1.54) is 0 Å². The van der Waals surface area contributed by atoms with Gasteiger partial charge in [0, 0.05) is 52.5 Å². The molecule has 0 saturated carbocycles. The van der Waals surface area contributed by atoms with Gasteiger partial charge in [-0.15, -0.1) is 0 Å². The zero-order chi connectivity index (χ0) is 27.1. The molecule has 194 valence electrons. The number of para-hydroxylation sites is 4. The smallest absolute Gasteiger partial charge is 0.0463 e. The largest absolute Gasteiger partial charge is 0.345 e. The number of anilines is 8. The molecule has 0 fully saturated rings. The second kappa shape index (κ2) is 11.6. The summed E-state index contributed by atoms with van der Waals surface area (Å²) in [6, 6.07) is 59.4. The molecular formula is C37H31N3. The first-order chi connectivity index (χ1) is 19.8. The van der Waals surface area contributed by atoms with Crippen LogP contribution >= 0.6 is 0 Å². The molecule has 0 bridgehead atoms. The van der Waals surface area contributed by atoms with E-state index in [-0.39, 0.29) is 0 Å². The van der Waals surface area contributed by atoms with Gasteiger partial charge in [0.1, 0.15) is 0 Å². The van der Waals surface area contributed by atoms with Crippen molar-refractivity contribution in [3.8, 4) is 0 Å². The standard InChI is InChI=1S/C37H31N3/c1-38(30-22-26-36(27-23-30)39(32-14-6-2-7-15-32)33-16-8-3-9-17-33)31-24-28-37(29-25-31)40(34-18-10-4-11-19-34)35-20-12-5-13-21-35/h2-29H,1H3. The van der Waals surface area contributed by atoms with Crippen molar-refractivity contribution in [2.24, 2.45) is 0 Å². The Morgan fingerprint density at radius 3 is 0.700 bits per heavy atom. The molecule has 0 aromatic heterocycles. The van der Waals surface area contributed by atoms with Gasteiger partial charge in [0.2, 0.25) is 0 Å². The average molecular weight is 518 g/mol. The molecule has 0 aliphatic carbocycles. The first-order valence-electron chi connectivity index (χ1n) is 13.5. The van der Waals surface area contributed by atoms with Crippen LogP contribution in [0.3, 0.4) is 0 Å². The molecule has 40 heavy (non-hydrogen) atoms. The van der Waals surface area contributed by atoms with E-state index in [1.807, 2.05) is 0 Å². The predicted octanol–water partition coefficient (Wildman–Crippen LogP) is 10.4. The number of nitrogens with zero attached hydrogens (tertiary/aromatic N) is 3. The Morgan fingerprint density at radius 2 is 0.450 bits per heavy atom. The van der Waals surface area contributed by atoms with Crippen LogP contribution in [0.25, 0.3) is 0 Å². The number of hydrogen-bond donors (Lipinski definition) is 0. The summed E-state index contributed by atoms with van der Waals surface area (Å²) in [6.07, 6.45) is 0. The van der Waals surface area contributed by atoms with Crippen molar-refractivity contribution in [1.82, 2.24) is 0 Å². The van der Waals surface area contributed by atoms with Crippen molar-refractivity contribution in [3.05, 3.63) is 170 Å². The lowest BCUT2D eigenvalue weighted by Crippen LogP contribution is -2.12. The summed E-state index contributed by atoms with van der Waals surface area (Å²) >= 11 is 0. The van der Waals surface area contributed by atoms with Crippen molar-refractivity contribution in [3.63, 3.8) is 0 Å². The quantitative estimate of drug-likeness (QED) is 0.199. The van der Waals surface area contributed by atoms with Gasteiger partial charge in [0.05, 0.1) is 0 Å². The van der Waals surface area contributed by atoms with E-state index in [4.69, 9.17) is 0 Å². The van der Waals surface area contributed by atoms with Crippen LogP contribution in [0.1, 0.15) is 0 Å². The highest BCUT2D eigenvalue weighted by Crippen LogP contribution is 2.37. The van der Waals surface area contributed by atoms with Crippen LogP contribution < -0.4 is 14.7 Å². The Hall–Kier alpha value is -5.28. The molecule has 0 amide bonds. The lowest BCUT2D eigenvalue weighted by atomic mass is 10.1. The number of benzene rings is 6. The molecule has 6 aromatic carbocycles. The molecule has 0 unspecified atom stereocenters. The van der Waals surface area contributed by atoms with Gasteiger partial charge in [-0.2, -0.15) is 0 Å². The maximum Gasteiger partial charge on any atom is 0.0463 e. The predicted molar refractivity (Wildman–Crippen MR) is 170 cm³/mol. The minimum atomic E-state index is 1.12. The summed E-state index contributed by atoms with van der Waals surface area (Å²) in [5.74, 6) is 0. The van der Waals surface area contributed by atoms with Crippen molar-refractivity contribution in [2.75, 3.05) is 21.7 Å². The van der Waals surface area contributed by atoms with E-state index in [1.54, 1.807) is 0 Å². The molecule has 3 nitrogen and oxygen atoms in total. The van der Waals surface area contributed by atoms with Gasteiger partial charge in [0.25, 0.3) is 0 Å². The zero-order valence-corrected chi connectivity index (χ0v) is 22.5. The molecule has 3 heteroatoms. The minimum absolute atomic E-state index is 1.12. The van der Waals surface area contributed by atoms with Crippen LogP contribution in [0.2, 0.25) is 0 Å². The average Bonchev–Trinajstić information content (AvgIpc) is 3.04. The van der Waals surface area contributed by atoms with Gasteiger partial charge in [-0.25, -0.2) is 0 Å². The Morgan fingerprint density at radius 1 is 0.250 bits per heavy atom. The van der Waals surface area contributed by atoms with Crippen LogP contribution in [0, 0.1) is 0 Å². The van der Waals surface area contributed by atoms with E-state index in [9.17, 15) is 0 Å². The maximum atomic E-state index is 2.28. The topological polar surface area (TPSA) is 9.72 Å². The summed E-state index contributed by atoms with van der Waals surface area (Å²) in [4.78, 5) is 6.78. The Bertz CT molecular complexity index is 1410. The van der Waals surface area contributed by atoms with Crippen LogP contribution in [0.15, 0.2) is 170 Å². The lowest BCUT2D eigenvalue weighted by Gasteiger charge is -2.27. The van der Waals surface area contributed by atoms with Gasteiger partial charge in [-0.3, -0.25) is 0 Å². The van der Waals surface area contributed by atoms with Crippen molar-refractivity contribution >= 4 is 45.5 Å². The first-order valence-corrected chi connectivity index (χ1v) is 13.5. The Kier molecular flexibility index (Phi) is 7.27. The highest BCUT2D eigenvalue weighted by molar-refractivity contribution is 5.80. The molecule has 0 heterocycles. The lowest BCUT2D eigenvalue weighted by molar-refractivity contribution is 1.20. The molecule has 0 aliphatic heterocycles. The fraction of sp³-hybridized carbons (Fsp3) is 0.0270. The van der Waals surface area contributed by atoms with Gasteiger partial charge in [-0.1, -0.05) is 72.8 Å².